The van der Waals surface area contributed by atoms with Gasteiger partial charge in [-0.25, -0.2) is 0 Å². The average Bonchev–Trinajstić information content (AvgIpc) is 3.28. The first kappa shape index (κ1) is 17.8. The van der Waals surface area contributed by atoms with Crippen molar-refractivity contribution in [1.29, 1.82) is 0 Å². The lowest BCUT2D eigenvalue weighted by Gasteiger charge is -2.24. The second-order valence-electron chi connectivity index (χ2n) is 5.59. The van der Waals surface area contributed by atoms with E-state index in [9.17, 15) is 22.8 Å². The predicted octanol–water partition coefficient (Wildman–Crippen LogP) is 1.30. The van der Waals surface area contributed by atoms with Gasteiger partial charge in [-0.15, -0.1) is 10.2 Å². The Balaban J connectivity index is 1.60. The minimum atomic E-state index is -5.01. The third-order valence-corrected chi connectivity index (χ3v) is 3.82. The molecule has 0 aromatic carbocycles. The van der Waals surface area contributed by atoms with Gasteiger partial charge in [-0.1, -0.05) is 6.07 Å². The number of aromatic nitrogens is 3. The van der Waals surface area contributed by atoms with Gasteiger partial charge in [-0.3, -0.25) is 14.6 Å². The van der Waals surface area contributed by atoms with Crippen molar-refractivity contribution in [2.45, 2.75) is 31.6 Å². The van der Waals surface area contributed by atoms with Gasteiger partial charge >= 0.3 is 12.1 Å². The standard InChI is InChI=1S/C15H14F3N5O3/c16-15(17,18)14(25)23-7-3-5-10(23)12(24)20-8-11-21-22-13(26-11)9-4-1-2-6-19-9/h1-2,4,6,10H,3,5,7-8H2,(H,20,24). The van der Waals surface area contributed by atoms with Crippen molar-refractivity contribution in [3.8, 4) is 11.6 Å². The third-order valence-electron chi connectivity index (χ3n) is 3.82. The molecule has 138 valence electrons. The number of nitrogens with one attached hydrogen (secondary N) is 1. The van der Waals surface area contributed by atoms with Crippen molar-refractivity contribution < 1.29 is 27.2 Å². The molecule has 1 atom stereocenters. The minimum absolute atomic E-state index is 0.0747. The summed E-state index contributed by atoms with van der Waals surface area (Å²) in [6.07, 6.45) is -2.97. The van der Waals surface area contributed by atoms with Crippen LogP contribution in [0.5, 0.6) is 0 Å². The zero-order valence-corrected chi connectivity index (χ0v) is 13.4. The Labute approximate surface area is 145 Å². The van der Waals surface area contributed by atoms with E-state index in [0.717, 1.165) is 0 Å². The highest BCUT2D eigenvalue weighted by Gasteiger charge is 2.47. The van der Waals surface area contributed by atoms with Crippen LogP contribution in [-0.2, 0) is 16.1 Å². The molecule has 0 bridgehead atoms. The molecule has 1 aliphatic rings. The lowest BCUT2D eigenvalue weighted by molar-refractivity contribution is -0.186. The molecule has 3 rings (SSSR count). The van der Waals surface area contributed by atoms with Crippen LogP contribution in [0.2, 0.25) is 0 Å². The fraction of sp³-hybridized carbons (Fsp3) is 0.400. The highest BCUT2D eigenvalue weighted by atomic mass is 19.4. The first-order valence-corrected chi connectivity index (χ1v) is 7.75. The lowest BCUT2D eigenvalue weighted by atomic mass is 10.2. The Hall–Kier alpha value is -2.98. The zero-order chi connectivity index (χ0) is 18.7. The fourth-order valence-electron chi connectivity index (χ4n) is 2.64. The number of hydrogen-bond acceptors (Lipinski definition) is 6. The van der Waals surface area contributed by atoms with Crippen molar-refractivity contribution in [2.75, 3.05) is 6.54 Å². The van der Waals surface area contributed by atoms with Crippen molar-refractivity contribution in [1.82, 2.24) is 25.4 Å². The van der Waals surface area contributed by atoms with E-state index in [0.29, 0.717) is 17.0 Å². The number of carbonyl (C=O) groups excluding carboxylic acids is 2. The van der Waals surface area contributed by atoms with Gasteiger partial charge in [0.15, 0.2) is 0 Å². The molecule has 1 saturated heterocycles. The van der Waals surface area contributed by atoms with E-state index in [-0.39, 0.29) is 31.3 Å². The van der Waals surface area contributed by atoms with Gasteiger partial charge < -0.3 is 14.6 Å². The summed E-state index contributed by atoms with van der Waals surface area (Å²) in [5.41, 5.74) is 0.454. The summed E-state index contributed by atoms with van der Waals surface area (Å²) in [4.78, 5) is 28.1. The van der Waals surface area contributed by atoms with Crippen LogP contribution < -0.4 is 5.32 Å². The number of nitrogens with zero attached hydrogens (tertiary/aromatic N) is 4. The molecule has 2 amide bonds. The third kappa shape index (κ3) is 3.81. The summed E-state index contributed by atoms with van der Waals surface area (Å²) < 4.78 is 43.1. The molecule has 0 aliphatic carbocycles. The van der Waals surface area contributed by atoms with E-state index in [1.165, 1.54) is 0 Å². The van der Waals surface area contributed by atoms with Gasteiger partial charge in [-0.2, -0.15) is 13.2 Å². The number of alkyl halides is 3. The Kier molecular flexibility index (Phi) is 4.87. The molecule has 0 spiro atoms. The maximum Gasteiger partial charge on any atom is 0.471 e. The highest BCUT2D eigenvalue weighted by Crippen LogP contribution is 2.25. The molecular formula is C15H14F3N5O3. The van der Waals surface area contributed by atoms with E-state index in [1.807, 2.05) is 0 Å². The fourth-order valence-corrected chi connectivity index (χ4v) is 2.64. The smallest absolute Gasteiger partial charge is 0.417 e. The topological polar surface area (TPSA) is 101 Å². The van der Waals surface area contributed by atoms with Crippen molar-refractivity contribution >= 4 is 11.8 Å². The molecular weight excluding hydrogens is 355 g/mol. The second-order valence-corrected chi connectivity index (χ2v) is 5.59. The van der Waals surface area contributed by atoms with Gasteiger partial charge in [-0.05, 0) is 25.0 Å². The monoisotopic (exact) mass is 369 g/mol. The number of carbonyl (C=O) groups is 2. The normalized spacial score (nSPS) is 17.3. The lowest BCUT2D eigenvalue weighted by Crippen LogP contribution is -2.50. The summed E-state index contributed by atoms with van der Waals surface area (Å²) >= 11 is 0. The van der Waals surface area contributed by atoms with Crippen molar-refractivity contribution in [2.24, 2.45) is 0 Å². The molecule has 3 heterocycles. The molecule has 11 heteroatoms. The molecule has 1 unspecified atom stereocenters. The summed E-state index contributed by atoms with van der Waals surface area (Å²) in [7, 11) is 0. The molecule has 1 N–H and O–H groups in total. The summed E-state index contributed by atoms with van der Waals surface area (Å²) in [5, 5.41) is 9.97. The van der Waals surface area contributed by atoms with Crippen LogP contribution in [0.1, 0.15) is 18.7 Å². The van der Waals surface area contributed by atoms with Crippen LogP contribution in [0.3, 0.4) is 0 Å². The summed E-state index contributed by atoms with van der Waals surface area (Å²) in [6.45, 7) is -0.274. The van der Waals surface area contributed by atoms with Gasteiger partial charge in [0.25, 0.3) is 5.89 Å². The predicted molar refractivity (Wildman–Crippen MR) is 80.2 cm³/mol. The maximum absolute atomic E-state index is 12.6. The first-order chi connectivity index (χ1) is 12.4. The van der Waals surface area contributed by atoms with E-state index < -0.39 is 24.0 Å². The van der Waals surface area contributed by atoms with Crippen LogP contribution in [-0.4, -0.2) is 50.7 Å². The van der Waals surface area contributed by atoms with Crippen LogP contribution >= 0.6 is 0 Å². The van der Waals surface area contributed by atoms with E-state index >= 15 is 0 Å². The molecule has 1 aliphatic heterocycles. The van der Waals surface area contributed by atoms with Crippen LogP contribution in [0.4, 0.5) is 13.2 Å². The van der Waals surface area contributed by atoms with Crippen LogP contribution in [0.25, 0.3) is 11.6 Å². The number of amides is 2. The van der Waals surface area contributed by atoms with E-state index in [2.05, 4.69) is 20.5 Å². The first-order valence-electron chi connectivity index (χ1n) is 7.75. The van der Waals surface area contributed by atoms with Gasteiger partial charge in [0.1, 0.15) is 11.7 Å². The number of rotatable bonds is 4. The Morgan fingerprint density at radius 3 is 2.81 bits per heavy atom. The average molecular weight is 369 g/mol. The molecule has 26 heavy (non-hydrogen) atoms. The van der Waals surface area contributed by atoms with Gasteiger partial charge in [0, 0.05) is 12.7 Å². The molecule has 1 fully saturated rings. The quantitative estimate of drug-likeness (QED) is 0.872. The Bertz CT molecular complexity index is 793. The molecule has 8 nitrogen and oxygen atoms in total. The maximum atomic E-state index is 12.6. The SMILES string of the molecule is O=C(NCc1nnc(-c2ccccn2)o1)C1CCCN1C(=O)C(F)(F)F. The van der Waals surface area contributed by atoms with Crippen molar-refractivity contribution in [3.05, 3.63) is 30.3 Å². The number of hydrogen-bond donors (Lipinski definition) is 1. The number of halogens is 3. The van der Waals surface area contributed by atoms with Crippen LogP contribution in [0.15, 0.2) is 28.8 Å². The number of pyridine rings is 1. The van der Waals surface area contributed by atoms with Crippen molar-refractivity contribution in [3.63, 3.8) is 0 Å². The molecule has 2 aromatic rings. The Morgan fingerprint density at radius 2 is 2.12 bits per heavy atom. The van der Waals surface area contributed by atoms with Crippen LogP contribution in [0, 0.1) is 0 Å². The summed E-state index contributed by atoms with van der Waals surface area (Å²) in [5.74, 6) is -2.47. The largest absolute Gasteiger partial charge is 0.471 e. The van der Waals surface area contributed by atoms with Gasteiger partial charge in [0.05, 0.1) is 6.54 Å². The van der Waals surface area contributed by atoms with E-state index in [1.54, 1.807) is 24.4 Å². The number of likely N-dealkylation sites (tertiary alicyclic amines) is 1. The molecule has 2 aromatic heterocycles. The highest BCUT2D eigenvalue weighted by molar-refractivity contribution is 5.90. The zero-order valence-electron chi connectivity index (χ0n) is 13.4. The van der Waals surface area contributed by atoms with E-state index in [4.69, 9.17) is 4.42 Å². The van der Waals surface area contributed by atoms with Gasteiger partial charge in [0.2, 0.25) is 11.8 Å². The summed E-state index contributed by atoms with van der Waals surface area (Å²) in [6, 6.07) is 3.95. The minimum Gasteiger partial charge on any atom is -0.417 e. The Morgan fingerprint density at radius 1 is 1.31 bits per heavy atom. The molecule has 0 radical (unpaired) electrons. The molecule has 0 saturated carbocycles. The second kappa shape index (κ2) is 7.10.